The number of carbonyl (C=O) groups is 1. The van der Waals surface area contributed by atoms with Crippen molar-refractivity contribution in [3.63, 3.8) is 0 Å². The van der Waals surface area contributed by atoms with E-state index in [1.54, 1.807) is 10.6 Å². The van der Waals surface area contributed by atoms with Gasteiger partial charge in [-0.3, -0.25) is 9.59 Å². The van der Waals surface area contributed by atoms with Crippen LogP contribution in [0.2, 0.25) is 0 Å². The first-order chi connectivity index (χ1) is 11.8. The maximum Gasteiger partial charge on any atom is 0.263 e. The van der Waals surface area contributed by atoms with Gasteiger partial charge in [-0.2, -0.15) is 0 Å². The summed E-state index contributed by atoms with van der Waals surface area (Å²) in [6.45, 7) is 5.25. The number of aromatic nitrogens is 1. The van der Waals surface area contributed by atoms with E-state index >= 15 is 0 Å². The highest BCUT2D eigenvalue weighted by atomic mass is 16.2. The van der Waals surface area contributed by atoms with Gasteiger partial charge in [-0.05, 0) is 43.4 Å². The number of rotatable bonds is 4. The molecule has 128 valence electrons. The maximum atomic E-state index is 12.4. The molecule has 1 aliphatic heterocycles. The first kappa shape index (κ1) is 18.0. The lowest BCUT2D eigenvalue weighted by Crippen LogP contribution is -2.36. The largest absolute Gasteiger partial charge is 0.352 e. The molecular formula is C20H26N2O2. The van der Waals surface area contributed by atoms with Crippen LogP contribution in [0.3, 0.4) is 0 Å². The van der Waals surface area contributed by atoms with Crippen molar-refractivity contribution in [3.05, 3.63) is 69.6 Å². The van der Waals surface area contributed by atoms with E-state index in [2.05, 4.69) is 5.32 Å². The van der Waals surface area contributed by atoms with Gasteiger partial charge < -0.3 is 9.88 Å². The monoisotopic (exact) mass is 326 g/mol. The van der Waals surface area contributed by atoms with E-state index in [-0.39, 0.29) is 17.0 Å². The topological polar surface area (TPSA) is 51.1 Å². The number of amides is 1. The van der Waals surface area contributed by atoms with Crippen LogP contribution < -0.4 is 10.9 Å². The molecule has 0 unspecified atom stereocenters. The van der Waals surface area contributed by atoms with Gasteiger partial charge in [0.1, 0.15) is 5.56 Å². The Bertz CT molecular complexity index is 720. The van der Waals surface area contributed by atoms with E-state index in [9.17, 15) is 9.59 Å². The highest BCUT2D eigenvalue weighted by Crippen LogP contribution is 2.12. The molecule has 0 spiro atoms. The van der Waals surface area contributed by atoms with Crippen molar-refractivity contribution in [2.45, 2.75) is 46.1 Å². The van der Waals surface area contributed by atoms with Gasteiger partial charge >= 0.3 is 0 Å². The molecule has 4 heteroatoms. The normalized spacial score (nSPS) is 12.6. The molecule has 1 amide bonds. The van der Waals surface area contributed by atoms with Crippen molar-refractivity contribution >= 4 is 5.91 Å². The number of aryl methyl sites for hydroxylation is 1. The smallest absolute Gasteiger partial charge is 0.263 e. The molecule has 0 fully saturated rings. The minimum Gasteiger partial charge on any atom is -0.352 e. The Morgan fingerprint density at radius 1 is 1.08 bits per heavy atom. The molecule has 0 saturated heterocycles. The summed E-state index contributed by atoms with van der Waals surface area (Å²) in [7, 11) is 0. The van der Waals surface area contributed by atoms with Crippen molar-refractivity contribution in [2.24, 2.45) is 0 Å². The molecular weight excluding hydrogens is 300 g/mol. The summed E-state index contributed by atoms with van der Waals surface area (Å²) in [6.07, 6.45) is 3.80. The number of benzene rings is 1. The quantitative estimate of drug-likeness (QED) is 0.938. The molecule has 0 radical (unpaired) electrons. The number of fused-ring (bicyclic) bond motifs is 1. The molecule has 1 N–H and O–H groups in total. The number of hydrogen-bond donors (Lipinski definition) is 1. The molecule has 1 aromatic carbocycles. The van der Waals surface area contributed by atoms with Crippen molar-refractivity contribution in [1.29, 1.82) is 0 Å². The van der Waals surface area contributed by atoms with Crippen molar-refractivity contribution < 1.29 is 4.79 Å². The van der Waals surface area contributed by atoms with Crippen LogP contribution in [0.15, 0.2) is 47.3 Å². The van der Waals surface area contributed by atoms with Crippen LogP contribution in [0.5, 0.6) is 0 Å². The second kappa shape index (κ2) is 9.06. The van der Waals surface area contributed by atoms with Crippen LogP contribution in [0.25, 0.3) is 0 Å². The van der Waals surface area contributed by atoms with Crippen LogP contribution >= 0.6 is 0 Å². The minimum absolute atomic E-state index is 0.158. The maximum absolute atomic E-state index is 12.4. The summed E-state index contributed by atoms with van der Waals surface area (Å²) in [5.41, 5.74) is 2.30. The zero-order valence-electron chi connectivity index (χ0n) is 14.5. The number of hydrogen-bond acceptors (Lipinski definition) is 2. The lowest BCUT2D eigenvalue weighted by atomic mass is 10.1. The third-order valence-corrected chi connectivity index (χ3v) is 4.12. The molecule has 2 heterocycles. The molecule has 24 heavy (non-hydrogen) atoms. The van der Waals surface area contributed by atoms with Crippen LogP contribution in [0, 0.1) is 0 Å². The third kappa shape index (κ3) is 4.34. The highest BCUT2D eigenvalue weighted by molar-refractivity contribution is 5.93. The van der Waals surface area contributed by atoms with Gasteiger partial charge in [0, 0.05) is 18.8 Å². The Morgan fingerprint density at radius 2 is 1.83 bits per heavy atom. The summed E-state index contributed by atoms with van der Waals surface area (Å²) in [5.74, 6) is -0.276. The zero-order valence-corrected chi connectivity index (χ0v) is 14.5. The third-order valence-electron chi connectivity index (χ3n) is 4.12. The predicted molar refractivity (Wildman–Crippen MR) is 97.5 cm³/mol. The van der Waals surface area contributed by atoms with Gasteiger partial charge in [0.25, 0.3) is 11.5 Å². The first-order valence-electron chi connectivity index (χ1n) is 8.80. The molecule has 0 aliphatic carbocycles. The molecule has 1 aliphatic rings. The molecule has 0 bridgehead atoms. The number of carbonyl (C=O) groups excluding carboxylic acids is 1. The Labute approximate surface area is 143 Å². The fourth-order valence-electron chi connectivity index (χ4n) is 2.89. The molecule has 4 nitrogen and oxygen atoms in total. The van der Waals surface area contributed by atoms with Gasteiger partial charge in [-0.25, -0.2) is 0 Å². The van der Waals surface area contributed by atoms with E-state index < -0.39 is 0 Å². The molecule has 0 saturated carbocycles. The van der Waals surface area contributed by atoms with Gasteiger partial charge in [-0.1, -0.05) is 44.2 Å². The van der Waals surface area contributed by atoms with Crippen molar-refractivity contribution in [3.8, 4) is 0 Å². The molecule has 3 rings (SSSR count). The number of pyridine rings is 1. The fraction of sp³-hybridized carbons (Fsp3) is 0.400. The second-order valence-corrected chi connectivity index (χ2v) is 5.64. The predicted octanol–water partition coefficient (Wildman–Crippen LogP) is 3.18. The van der Waals surface area contributed by atoms with Gasteiger partial charge in [0.15, 0.2) is 0 Å². The molecule has 0 atom stereocenters. The standard InChI is InChI=1S/C18H20N2O2.C2H6/c21-17(19-12-11-14-6-2-1-3-7-14)16-10-9-15-8-4-5-13-20(15)18(16)22;1-2/h1-3,6-7,9-10H,4-5,8,11-13H2,(H,19,21);1-2H3. The van der Waals surface area contributed by atoms with Crippen LogP contribution in [0.4, 0.5) is 0 Å². The van der Waals surface area contributed by atoms with E-state index in [1.807, 2.05) is 50.2 Å². The van der Waals surface area contributed by atoms with Crippen molar-refractivity contribution in [2.75, 3.05) is 6.54 Å². The summed E-state index contributed by atoms with van der Waals surface area (Å²) in [5, 5.41) is 2.84. The zero-order chi connectivity index (χ0) is 17.4. The van der Waals surface area contributed by atoms with Gasteiger partial charge in [0.05, 0.1) is 0 Å². The van der Waals surface area contributed by atoms with Crippen LogP contribution in [-0.2, 0) is 19.4 Å². The van der Waals surface area contributed by atoms with E-state index in [4.69, 9.17) is 0 Å². The lowest BCUT2D eigenvalue weighted by Gasteiger charge is -2.18. The Kier molecular flexibility index (Phi) is 6.79. The van der Waals surface area contributed by atoms with E-state index in [0.717, 1.165) is 37.9 Å². The Balaban J connectivity index is 0.00000100. The lowest BCUT2D eigenvalue weighted by molar-refractivity contribution is 0.0952. The highest BCUT2D eigenvalue weighted by Gasteiger charge is 2.16. The van der Waals surface area contributed by atoms with Crippen molar-refractivity contribution in [1.82, 2.24) is 9.88 Å². The Morgan fingerprint density at radius 3 is 2.58 bits per heavy atom. The molecule has 1 aromatic heterocycles. The van der Waals surface area contributed by atoms with Crippen LogP contribution in [0.1, 0.15) is 48.3 Å². The summed E-state index contributed by atoms with van der Waals surface area (Å²) in [6, 6.07) is 13.6. The van der Waals surface area contributed by atoms with E-state index in [0.29, 0.717) is 6.54 Å². The summed E-state index contributed by atoms with van der Waals surface area (Å²) < 4.78 is 1.75. The minimum atomic E-state index is -0.276. The molecule has 2 aromatic rings. The summed E-state index contributed by atoms with van der Waals surface area (Å²) in [4.78, 5) is 24.6. The Hall–Kier alpha value is -2.36. The number of nitrogens with one attached hydrogen (secondary N) is 1. The SMILES string of the molecule is CC.O=C(NCCc1ccccc1)c1ccc2n(c1=O)CCCC2. The second-order valence-electron chi connectivity index (χ2n) is 5.64. The average Bonchev–Trinajstić information content (AvgIpc) is 2.65. The van der Waals surface area contributed by atoms with E-state index in [1.165, 1.54) is 5.56 Å². The average molecular weight is 326 g/mol. The van der Waals surface area contributed by atoms with Gasteiger partial charge in [0.2, 0.25) is 0 Å². The van der Waals surface area contributed by atoms with Crippen LogP contribution in [-0.4, -0.2) is 17.0 Å². The van der Waals surface area contributed by atoms with Gasteiger partial charge in [-0.15, -0.1) is 0 Å². The summed E-state index contributed by atoms with van der Waals surface area (Å²) >= 11 is 0. The number of nitrogens with zero attached hydrogens (tertiary/aromatic N) is 1. The fourth-order valence-corrected chi connectivity index (χ4v) is 2.89. The first-order valence-corrected chi connectivity index (χ1v) is 8.80.